The summed E-state index contributed by atoms with van der Waals surface area (Å²) in [4.78, 5) is 5.20. The summed E-state index contributed by atoms with van der Waals surface area (Å²) in [7, 11) is 1.75. The van der Waals surface area contributed by atoms with Crippen LogP contribution in [0.3, 0.4) is 0 Å². The quantitative estimate of drug-likeness (QED) is 0.755. The first-order valence-electron chi connectivity index (χ1n) is 12.4. The van der Waals surface area contributed by atoms with Gasteiger partial charge < -0.3 is 14.7 Å². The van der Waals surface area contributed by atoms with Gasteiger partial charge in [-0.25, -0.2) is 0 Å². The van der Waals surface area contributed by atoms with E-state index in [4.69, 9.17) is 4.74 Å². The molecule has 0 radical (unpaired) electrons. The first-order chi connectivity index (χ1) is 15.6. The molecule has 1 N–H and O–H groups in total. The molecular weight excluding hydrogens is 400 g/mol. The lowest BCUT2D eigenvalue weighted by atomic mass is 9.52. The van der Waals surface area contributed by atoms with Crippen molar-refractivity contribution in [2.24, 2.45) is 5.92 Å². The van der Waals surface area contributed by atoms with Gasteiger partial charge in [-0.3, -0.25) is 9.58 Å². The van der Waals surface area contributed by atoms with Crippen molar-refractivity contribution in [2.75, 3.05) is 39.8 Å². The molecule has 3 atom stereocenters. The van der Waals surface area contributed by atoms with Gasteiger partial charge in [-0.2, -0.15) is 5.10 Å². The predicted octanol–water partition coefficient (Wildman–Crippen LogP) is 2.70. The Hall–Kier alpha value is -1.89. The Morgan fingerprint density at radius 3 is 2.75 bits per heavy atom. The highest BCUT2D eigenvalue weighted by atomic mass is 16.5. The Kier molecular flexibility index (Phi) is 5.08. The molecule has 32 heavy (non-hydrogen) atoms. The summed E-state index contributed by atoms with van der Waals surface area (Å²) in [5.74, 6) is 1.76. The van der Waals surface area contributed by atoms with Crippen molar-refractivity contribution in [3.05, 3.63) is 47.8 Å². The minimum absolute atomic E-state index is 0.180. The Morgan fingerprint density at radius 2 is 1.97 bits per heavy atom. The zero-order valence-electron chi connectivity index (χ0n) is 19.2. The number of aliphatic hydroxyl groups is 1. The number of methoxy groups -OCH3 is 1. The number of hydrogen-bond donors (Lipinski definition) is 1. The fraction of sp³-hybridized carbons (Fsp3) is 0.654. The van der Waals surface area contributed by atoms with Gasteiger partial charge in [0.05, 0.1) is 19.3 Å². The summed E-state index contributed by atoms with van der Waals surface area (Å²) in [6.07, 6.45) is 10.5. The molecule has 172 valence electrons. The van der Waals surface area contributed by atoms with Crippen LogP contribution in [0, 0.1) is 5.92 Å². The minimum Gasteiger partial charge on any atom is -0.497 e. The van der Waals surface area contributed by atoms with Crippen LogP contribution in [-0.4, -0.2) is 76.2 Å². The molecule has 1 saturated carbocycles. The zero-order valence-corrected chi connectivity index (χ0v) is 19.2. The summed E-state index contributed by atoms with van der Waals surface area (Å²) in [6.45, 7) is 6.13. The zero-order chi connectivity index (χ0) is 21.8. The van der Waals surface area contributed by atoms with Crippen LogP contribution in [0.25, 0.3) is 0 Å². The third-order valence-electron chi connectivity index (χ3n) is 8.95. The topological polar surface area (TPSA) is 53.8 Å². The number of aromatic nitrogens is 2. The highest BCUT2D eigenvalue weighted by Gasteiger charge is 2.63. The highest BCUT2D eigenvalue weighted by Crippen LogP contribution is 2.56. The Morgan fingerprint density at radius 1 is 1.12 bits per heavy atom. The van der Waals surface area contributed by atoms with E-state index in [0.717, 1.165) is 76.6 Å². The van der Waals surface area contributed by atoms with Gasteiger partial charge in [-0.05, 0) is 86.9 Å². The van der Waals surface area contributed by atoms with Crippen molar-refractivity contribution >= 4 is 0 Å². The van der Waals surface area contributed by atoms with Crippen molar-refractivity contribution in [3.8, 4) is 5.75 Å². The molecule has 0 unspecified atom stereocenters. The molecule has 6 heteroatoms. The normalized spacial score (nSPS) is 32.8. The van der Waals surface area contributed by atoms with Crippen LogP contribution in [0.1, 0.15) is 43.2 Å². The number of likely N-dealkylation sites (tertiary alicyclic amines) is 2. The number of rotatable bonds is 6. The van der Waals surface area contributed by atoms with Crippen LogP contribution < -0.4 is 4.74 Å². The molecular formula is C26H36N4O2. The van der Waals surface area contributed by atoms with Crippen LogP contribution in [0.4, 0.5) is 0 Å². The largest absolute Gasteiger partial charge is 0.497 e. The molecule has 0 amide bonds. The second kappa shape index (κ2) is 7.86. The average Bonchev–Trinajstić information content (AvgIpc) is 3.50. The number of nitrogens with zero attached hydrogens (tertiary/aromatic N) is 4. The van der Waals surface area contributed by atoms with E-state index in [1.807, 2.05) is 23.1 Å². The molecule has 4 aliphatic rings. The average molecular weight is 437 g/mol. The first kappa shape index (κ1) is 20.7. The van der Waals surface area contributed by atoms with Crippen LogP contribution >= 0.6 is 0 Å². The van der Waals surface area contributed by atoms with E-state index in [0.29, 0.717) is 0 Å². The van der Waals surface area contributed by atoms with Crippen LogP contribution in [-0.2, 0) is 18.4 Å². The van der Waals surface area contributed by atoms with Gasteiger partial charge in [-0.15, -0.1) is 0 Å². The first-order valence-corrected chi connectivity index (χ1v) is 12.4. The number of benzene rings is 1. The maximum atomic E-state index is 12.6. The molecule has 1 aromatic carbocycles. The van der Waals surface area contributed by atoms with Crippen LogP contribution in [0.5, 0.6) is 5.75 Å². The molecule has 2 aromatic rings. The van der Waals surface area contributed by atoms with Gasteiger partial charge in [0.1, 0.15) is 5.75 Å². The highest BCUT2D eigenvalue weighted by molar-refractivity contribution is 5.48. The minimum atomic E-state index is -0.681. The molecule has 1 aromatic heterocycles. The number of ether oxygens (including phenoxy) is 1. The maximum absolute atomic E-state index is 12.6. The lowest BCUT2D eigenvalue weighted by Crippen LogP contribution is -2.71. The Labute approximate surface area is 191 Å². The summed E-state index contributed by atoms with van der Waals surface area (Å²) in [6, 6.07) is 8.83. The lowest BCUT2D eigenvalue weighted by molar-refractivity contribution is -0.149. The van der Waals surface area contributed by atoms with E-state index in [-0.39, 0.29) is 11.5 Å². The molecule has 6 nitrogen and oxygen atoms in total. The lowest BCUT2D eigenvalue weighted by Gasteiger charge is -2.61. The second-order valence-corrected chi connectivity index (χ2v) is 10.5. The Balaban J connectivity index is 1.34. The Bertz CT molecular complexity index is 959. The second-order valence-electron chi connectivity index (χ2n) is 10.5. The van der Waals surface area contributed by atoms with E-state index in [1.165, 1.54) is 24.0 Å². The maximum Gasteiger partial charge on any atom is 0.119 e. The van der Waals surface area contributed by atoms with Crippen LogP contribution in [0.15, 0.2) is 36.7 Å². The van der Waals surface area contributed by atoms with Crippen molar-refractivity contribution < 1.29 is 9.84 Å². The molecule has 3 heterocycles. The molecule has 2 saturated heterocycles. The molecule has 6 rings (SSSR count). The molecule has 2 aliphatic heterocycles. The van der Waals surface area contributed by atoms with Crippen molar-refractivity contribution in [1.82, 2.24) is 19.6 Å². The number of fused-ring (bicyclic) bond motifs is 1. The van der Waals surface area contributed by atoms with Gasteiger partial charge in [0.2, 0.25) is 0 Å². The van der Waals surface area contributed by atoms with Gasteiger partial charge in [0.15, 0.2) is 0 Å². The van der Waals surface area contributed by atoms with E-state index in [1.54, 1.807) is 7.11 Å². The van der Waals surface area contributed by atoms with E-state index in [2.05, 4.69) is 33.1 Å². The standard InChI is InChI=1S/C26H36N4O2/c1-32-22-6-5-21-17-24-26(31)9-13-28(15-16-30-11-2-10-27-30)12-7-25(26,23(21)18-22)8-14-29(24)19-20-3-4-20/h2,5-6,10-11,18,20,24,31H,3-4,7-9,12-17,19H2,1H3/t24-,25+,26-/m1/s1. The smallest absolute Gasteiger partial charge is 0.119 e. The fourth-order valence-corrected chi connectivity index (χ4v) is 6.93. The predicted molar refractivity (Wildman–Crippen MR) is 124 cm³/mol. The summed E-state index contributed by atoms with van der Waals surface area (Å²) < 4.78 is 7.64. The van der Waals surface area contributed by atoms with Gasteiger partial charge >= 0.3 is 0 Å². The number of piperidine rings is 1. The summed E-state index contributed by atoms with van der Waals surface area (Å²) in [5.41, 5.74) is 1.92. The van der Waals surface area contributed by atoms with Crippen molar-refractivity contribution in [3.63, 3.8) is 0 Å². The third-order valence-corrected chi connectivity index (χ3v) is 8.95. The van der Waals surface area contributed by atoms with E-state index in [9.17, 15) is 5.11 Å². The molecule has 2 aliphatic carbocycles. The van der Waals surface area contributed by atoms with Gasteiger partial charge in [0, 0.05) is 43.5 Å². The third kappa shape index (κ3) is 3.30. The monoisotopic (exact) mass is 436 g/mol. The molecule has 2 bridgehead atoms. The fourth-order valence-electron chi connectivity index (χ4n) is 6.93. The van der Waals surface area contributed by atoms with Crippen LogP contribution in [0.2, 0.25) is 0 Å². The SMILES string of the molecule is COc1ccc2c(c1)[C@@]13CCN(CCn4cccn4)CC[C@@]1(O)[C@@H](C2)N(CC1CC1)CC3. The van der Waals surface area contributed by atoms with Gasteiger partial charge in [0.25, 0.3) is 0 Å². The molecule has 0 spiro atoms. The van der Waals surface area contributed by atoms with Gasteiger partial charge in [-0.1, -0.05) is 6.07 Å². The van der Waals surface area contributed by atoms with E-state index >= 15 is 0 Å². The van der Waals surface area contributed by atoms with Crippen molar-refractivity contribution in [1.29, 1.82) is 0 Å². The van der Waals surface area contributed by atoms with E-state index < -0.39 is 5.60 Å². The molecule has 3 fully saturated rings. The number of hydrogen-bond acceptors (Lipinski definition) is 5. The summed E-state index contributed by atoms with van der Waals surface area (Å²) in [5, 5.41) is 17.0. The summed E-state index contributed by atoms with van der Waals surface area (Å²) >= 11 is 0. The van der Waals surface area contributed by atoms with Crippen molar-refractivity contribution in [2.45, 2.75) is 62.1 Å².